The summed E-state index contributed by atoms with van der Waals surface area (Å²) in [6, 6.07) is 19.2. The van der Waals surface area contributed by atoms with Gasteiger partial charge in [-0.1, -0.05) is 120 Å². The van der Waals surface area contributed by atoms with Crippen LogP contribution in [0.25, 0.3) is 28.2 Å². The Labute approximate surface area is 234 Å². The van der Waals surface area contributed by atoms with Crippen molar-refractivity contribution in [2.24, 2.45) is 0 Å². The summed E-state index contributed by atoms with van der Waals surface area (Å²) in [5, 5.41) is 0. The van der Waals surface area contributed by atoms with Gasteiger partial charge in [0.15, 0.2) is 0 Å². The molecule has 2 aromatic carbocycles. The molecule has 3 heteroatoms. The van der Waals surface area contributed by atoms with Crippen LogP contribution in [0.1, 0.15) is 112 Å². The van der Waals surface area contributed by atoms with Crippen molar-refractivity contribution in [2.45, 2.75) is 101 Å². The summed E-state index contributed by atoms with van der Waals surface area (Å²) in [6.07, 6.45) is 8.95. The van der Waals surface area contributed by atoms with Crippen LogP contribution in [-0.2, 0) is 0 Å². The summed E-state index contributed by atoms with van der Waals surface area (Å²) < 4.78 is 2.26. The van der Waals surface area contributed by atoms with Gasteiger partial charge in [-0.25, -0.2) is 4.98 Å². The van der Waals surface area contributed by atoms with E-state index in [2.05, 4.69) is 106 Å². The Kier molecular flexibility index (Phi) is 18.2. The predicted octanol–water partition coefficient (Wildman–Crippen LogP) is 11.3. The fourth-order valence-corrected chi connectivity index (χ4v) is 3.83. The van der Waals surface area contributed by atoms with Gasteiger partial charge in [-0.2, -0.15) is 0 Å². The summed E-state index contributed by atoms with van der Waals surface area (Å²) in [5.41, 5.74) is 7.48. The molecular weight excluding hydrogens is 462 g/mol. The third-order valence-corrected chi connectivity index (χ3v) is 5.34. The van der Waals surface area contributed by atoms with Crippen LogP contribution in [-0.4, -0.2) is 14.5 Å². The highest BCUT2D eigenvalue weighted by Gasteiger charge is 2.20. The molecular formula is C35H53N3. The number of benzene rings is 2. The molecule has 0 aliphatic carbocycles. The summed E-state index contributed by atoms with van der Waals surface area (Å²) in [6.45, 7) is 25.3. The van der Waals surface area contributed by atoms with Gasteiger partial charge < -0.3 is 0 Å². The number of hydrogen-bond acceptors (Lipinski definition) is 2. The molecule has 38 heavy (non-hydrogen) atoms. The SMILES string of the molecule is CC.CC.CC.CC(C)c1cc(-c2ccncc2)cc(C(C)C)c1-n1ccnc1-c1ccccc1.CCC. The molecule has 4 rings (SSSR count). The van der Waals surface area contributed by atoms with Crippen molar-refractivity contribution in [3.63, 3.8) is 0 Å². The van der Waals surface area contributed by atoms with Gasteiger partial charge in [0.1, 0.15) is 5.82 Å². The van der Waals surface area contributed by atoms with E-state index >= 15 is 0 Å². The molecule has 0 N–H and O–H groups in total. The van der Waals surface area contributed by atoms with Crippen LogP contribution in [0.15, 0.2) is 79.4 Å². The lowest BCUT2D eigenvalue weighted by Crippen LogP contribution is -2.08. The highest BCUT2D eigenvalue weighted by molar-refractivity contribution is 5.71. The molecule has 4 aromatic rings. The topological polar surface area (TPSA) is 30.7 Å². The molecule has 0 fully saturated rings. The number of hydrogen-bond donors (Lipinski definition) is 0. The first kappa shape index (κ1) is 34.8. The Morgan fingerprint density at radius 3 is 1.55 bits per heavy atom. The van der Waals surface area contributed by atoms with Gasteiger partial charge in [-0.3, -0.25) is 9.55 Å². The van der Waals surface area contributed by atoms with Crippen LogP contribution in [0, 0.1) is 0 Å². The zero-order valence-corrected chi connectivity index (χ0v) is 26.2. The fourth-order valence-electron chi connectivity index (χ4n) is 3.83. The van der Waals surface area contributed by atoms with Crippen LogP contribution in [0.3, 0.4) is 0 Å². The van der Waals surface area contributed by atoms with Crippen LogP contribution in [0.4, 0.5) is 0 Å². The monoisotopic (exact) mass is 515 g/mol. The maximum atomic E-state index is 4.70. The molecule has 0 aliphatic heterocycles. The van der Waals surface area contributed by atoms with E-state index in [1.165, 1.54) is 34.4 Å². The molecule has 3 nitrogen and oxygen atoms in total. The normalized spacial score (nSPS) is 9.63. The van der Waals surface area contributed by atoms with Crippen molar-refractivity contribution < 1.29 is 0 Å². The van der Waals surface area contributed by atoms with Crippen LogP contribution < -0.4 is 0 Å². The van der Waals surface area contributed by atoms with Crippen molar-refractivity contribution in [2.75, 3.05) is 0 Å². The number of rotatable bonds is 5. The Hall–Kier alpha value is -3.20. The minimum atomic E-state index is 0.385. The largest absolute Gasteiger partial charge is 0.299 e. The Morgan fingerprint density at radius 2 is 1.11 bits per heavy atom. The van der Waals surface area contributed by atoms with Gasteiger partial charge in [0, 0.05) is 30.4 Å². The van der Waals surface area contributed by atoms with E-state index in [4.69, 9.17) is 4.98 Å². The molecule has 0 bridgehead atoms. The summed E-state index contributed by atoms with van der Waals surface area (Å²) in [7, 11) is 0. The summed E-state index contributed by atoms with van der Waals surface area (Å²) in [5.74, 6) is 1.75. The van der Waals surface area contributed by atoms with E-state index in [0.29, 0.717) is 11.8 Å². The van der Waals surface area contributed by atoms with Gasteiger partial charge >= 0.3 is 0 Å². The zero-order chi connectivity index (χ0) is 29.1. The van der Waals surface area contributed by atoms with E-state index in [1.54, 1.807) is 0 Å². The second kappa shape index (κ2) is 19.9. The Morgan fingerprint density at radius 1 is 0.632 bits per heavy atom. The van der Waals surface area contributed by atoms with Gasteiger partial charge in [0.2, 0.25) is 0 Å². The third kappa shape index (κ3) is 9.59. The Bertz CT molecular complexity index is 1080. The van der Waals surface area contributed by atoms with Crippen LogP contribution in [0.5, 0.6) is 0 Å². The van der Waals surface area contributed by atoms with Crippen molar-refractivity contribution in [3.05, 3.63) is 90.5 Å². The van der Waals surface area contributed by atoms with Crippen LogP contribution >= 0.6 is 0 Å². The molecule has 2 aromatic heterocycles. The quantitative estimate of drug-likeness (QED) is 0.264. The molecule has 0 saturated heterocycles. The van der Waals surface area contributed by atoms with E-state index < -0.39 is 0 Å². The molecule has 0 spiro atoms. The standard InChI is InChI=1S/C26H27N3.C3H8.3C2H6/c1-18(2)23-16-22(20-10-12-27-13-11-20)17-24(19(3)4)25(23)29-15-14-28-26(29)21-8-6-5-7-9-21;1-3-2;3*1-2/h5-19H,1-4H3;3H2,1-2H3;3*1-2H3. The molecule has 208 valence electrons. The first-order chi connectivity index (χ1) is 18.5. The first-order valence-corrected chi connectivity index (χ1v) is 14.6. The molecule has 2 heterocycles. The van der Waals surface area contributed by atoms with Gasteiger partial charge in [0.25, 0.3) is 0 Å². The van der Waals surface area contributed by atoms with Crippen molar-refractivity contribution in [1.29, 1.82) is 0 Å². The minimum absolute atomic E-state index is 0.385. The van der Waals surface area contributed by atoms with E-state index in [0.717, 1.165) is 11.4 Å². The van der Waals surface area contributed by atoms with Crippen molar-refractivity contribution >= 4 is 0 Å². The molecule has 0 unspecified atom stereocenters. The second-order valence-corrected chi connectivity index (χ2v) is 8.74. The van der Waals surface area contributed by atoms with E-state index in [1.807, 2.05) is 66.2 Å². The fraction of sp³-hybridized carbons (Fsp3) is 0.429. The average molecular weight is 516 g/mol. The van der Waals surface area contributed by atoms with E-state index in [9.17, 15) is 0 Å². The number of pyridine rings is 1. The van der Waals surface area contributed by atoms with Gasteiger partial charge in [-0.05, 0) is 58.4 Å². The average Bonchev–Trinajstić information content (AvgIpc) is 3.46. The lowest BCUT2D eigenvalue weighted by atomic mass is 9.88. The Balaban J connectivity index is 0.00000137. The number of aromatic nitrogens is 3. The highest BCUT2D eigenvalue weighted by Crippen LogP contribution is 2.37. The second-order valence-electron chi connectivity index (χ2n) is 8.74. The summed E-state index contributed by atoms with van der Waals surface area (Å²) >= 11 is 0. The van der Waals surface area contributed by atoms with Crippen molar-refractivity contribution in [1.82, 2.24) is 14.5 Å². The molecule has 0 aliphatic rings. The third-order valence-electron chi connectivity index (χ3n) is 5.34. The molecule has 0 saturated carbocycles. The highest BCUT2D eigenvalue weighted by atomic mass is 15.1. The van der Waals surface area contributed by atoms with E-state index in [-0.39, 0.29) is 0 Å². The van der Waals surface area contributed by atoms with Gasteiger partial charge in [-0.15, -0.1) is 0 Å². The number of imidazole rings is 1. The zero-order valence-electron chi connectivity index (χ0n) is 26.2. The van der Waals surface area contributed by atoms with Crippen molar-refractivity contribution in [3.8, 4) is 28.2 Å². The minimum Gasteiger partial charge on any atom is -0.299 e. The smallest absolute Gasteiger partial charge is 0.144 e. The predicted molar refractivity (Wildman–Crippen MR) is 170 cm³/mol. The summed E-state index contributed by atoms with van der Waals surface area (Å²) in [4.78, 5) is 8.88. The molecule has 0 atom stereocenters. The maximum Gasteiger partial charge on any atom is 0.144 e. The lowest BCUT2D eigenvalue weighted by Gasteiger charge is -2.23. The lowest BCUT2D eigenvalue weighted by molar-refractivity contribution is 0.807. The molecule has 0 radical (unpaired) electrons. The van der Waals surface area contributed by atoms with Gasteiger partial charge in [0.05, 0.1) is 5.69 Å². The first-order valence-electron chi connectivity index (χ1n) is 14.6. The number of nitrogens with zero attached hydrogens (tertiary/aromatic N) is 3. The maximum absolute atomic E-state index is 4.70. The molecule has 0 amide bonds. The van der Waals surface area contributed by atoms with Crippen LogP contribution in [0.2, 0.25) is 0 Å².